The zero-order chi connectivity index (χ0) is 7.40. The minimum atomic E-state index is -0.138. The van der Waals surface area contributed by atoms with E-state index < -0.39 is 0 Å². The van der Waals surface area contributed by atoms with Gasteiger partial charge in [-0.05, 0) is 18.4 Å². The monoisotopic (exact) mass is 176 g/mol. The second-order valence-corrected chi connectivity index (χ2v) is 2.99. The van der Waals surface area contributed by atoms with Crippen molar-refractivity contribution in [2.45, 2.75) is 6.23 Å². The van der Waals surface area contributed by atoms with Crippen LogP contribution in [0.5, 0.6) is 0 Å². The molecule has 0 aromatic heterocycles. The first-order valence-electron chi connectivity index (χ1n) is 2.84. The van der Waals surface area contributed by atoms with Gasteiger partial charge in [0.1, 0.15) is 0 Å². The Kier molecular flexibility index (Phi) is 3.14. The Bertz CT molecular complexity index is 169. The van der Waals surface area contributed by atoms with Gasteiger partial charge in [0, 0.05) is 8.50 Å². The number of nitrogens with two attached hydrogens (primary N) is 1. The third-order valence-corrected chi connectivity index (χ3v) is 1.90. The molecule has 3 nitrogen and oxygen atoms in total. The highest BCUT2D eigenvalue weighted by Gasteiger charge is 2.09. The van der Waals surface area contributed by atoms with E-state index in [0.29, 0.717) is 8.50 Å². The molecule has 1 rings (SSSR count). The molecular formula is C5H10N2OP2. The van der Waals surface area contributed by atoms with Crippen molar-refractivity contribution in [3.8, 4) is 0 Å². The highest BCUT2D eigenvalue weighted by molar-refractivity contribution is 8.00. The van der Waals surface area contributed by atoms with E-state index in [0.717, 1.165) is 5.70 Å². The highest BCUT2D eigenvalue weighted by atomic mass is 32.0. The van der Waals surface area contributed by atoms with Crippen molar-refractivity contribution in [1.29, 1.82) is 0 Å². The molecule has 0 bridgehead atoms. The maximum Gasteiger partial charge on any atom is 0.171 e. The summed E-state index contributed by atoms with van der Waals surface area (Å²) >= 11 is 0. The molecule has 5 heteroatoms. The van der Waals surface area contributed by atoms with Crippen molar-refractivity contribution in [3.63, 3.8) is 0 Å². The zero-order valence-electron chi connectivity index (χ0n) is 5.37. The van der Waals surface area contributed by atoms with Gasteiger partial charge >= 0.3 is 0 Å². The lowest BCUT2D eigenvalue weighted by Gasteiger charge is -2.19. The molecule has 0 saturated carbocycles. The summed E-state index contributed by atoms with van der Waals surface area (Å²) in [5, 5.41) is 2.97. The average Bonchev–Trinajstić information content (AvgIpc) is 1.94. The van der Waals surface area contributed by atoms with Gasteiger partial charge in [-0.1, -0.05) is 8.93 Å². The first kappa shape index (κ1) is 8.00. The lowest BCUT2D eigenvalue weighted by atomic mass is 10.3. The molecule has 10 heavy (non-hydrogen) atoms. The summed E-state index contributed by atoms with van der Waals surface area (Å²) in [5.41, 5.74) is 6.30. The molecule has 3 N–H and O–H groups in total. The molecule has 0 saturated heterocycles. The van der Waals surface area contributed by atoms with Gasteiger partial charge in [0.25, 0.3) is 0 Å². The topological polar surface area (TPSA) is 47.3 Å². The summed E-state index contributed by atoms with van der Waals surface area (Å²) in [6.45, 7) is 0. The molecule has 0 spiro atoms. The summed E-state index contributed by atoms with van der Waals surface area (Å²) in [4.78, 5) is 0. The van der Waals surface area contributed by atoms with Gasteiger partial charge in [-0.25, -0.2) is 0 Å². The van der Waals surface area contributed by atoms with Gasteiger partial charge in [-0.3, -0.25) is 0 Å². The Labute approximate surface area is 64.0 Å². The van der Waals surface area contributed by atoms with Crippen LogP contribution in [0.3, 0.4) is 0 Å². The van der Waals surface area contributed by atoms with Gasteiger partial charge in [-0.2, -0.15) is 0 Å². The normalized spacial score (nSPS) is 24.9. The summed E-state index contributed by atoms with van der Waals surface area (Å²) < 4.78 is 5.23. The van der Waals surface area contributed by atoms with Crippen molar-refractivity contribution >= 4 is 17.4 Å². The van der Waals surface area contributed by atoms with Crippen molar-refractivity contribution in [2.75, 3.05) is 0 Å². The lowest BCUT2D eigenvalue weighted by molar-refractivity contribution is 0.250. The van der Waals surface area contributed by atoms with Crippen molar-refractivity contribution in [2.24, 2.45) is 5.73 Å². The summed E-state index contributed by atoms with van der Waals surface area (Å²) in [5.74, 6) is 0. The Morgan fingerprint density at radius 2 is 2.60 bits per heavy atom. The molecule has 0 aliphatic carbocycles. The average molecular weight is 176 g/mol. The van der Waals surface area contributed by atoms with Crippen molar-refractivity contribution in [3.05, 3.63) is 24.0 Å². The number of nitrogens with one attached hydrogen (secondary N) is 1. The fraction of sp³-hybridized carbons (Fsp3) is 0.200. The molecular weight excluding hydrogens is 166 g/mol. The van der Waals surface area contributed by atoms with E-state index in [9.17, 15) is 0 Å². The number of rotatable bonds is 2. The highest BCUT2D eigenvalue weighted by Crippen LogP contribution is 2.24. The summed E-state index contributed by atoms with van der Waals surface area (Å²) in [7, 11) is 2.88. The Hall–Kier alpha value is -0.100. The molecule has 56 valence electrons. The third kappa shape index (κ3) is 1.95. The van der Waals surface area contributed by atoms with Crippen LogP contribution >= 0.6 is 17.4 Å². The second-order valence-electron chi connectivity index (χ2n) is 1.81. The molecule has 0 radical (unpaired) electrons. The van der Waals surface area contributed by atoms with Gasteiger partial charge in [0.2, 0.25) is 0 Å². The van der Waals surface area contributed by atoms with Crippen LogP contribution in [0, 0.1) is 0 Å². The Morgan fingerprint density at radius 3 is 3.20 bits per heavy atom. The predicted octanol–water partition coefficient (Wildman–Crippen LogP) is 0.672. The van der Waals surface area contributed by atoms with E-state index in [2.05, 4.69) is 14.2 Å². The maximum atomic E-state index is 5.58. The van der Waals surface area contributed by atoms with Crippen molar-refractivity contribution < 1.29 is 4.52 Å². The molecule has 1 heterocycles. The van der Waals surface area contributed by atoms with E-state index in [1.54, 1.807) is 0 Å². The van der Waals surface area contributed by atoms with Crippen LogP contribution in [-0.4, -0.2) is 6.23 Å². The van der Waals surface area contributed by atoms with Crippen LogP contribution in [0.4, 0.5) is 0 Å². The molecule has 1 aliphatic rings. The number of hydrogen-bond donors (Lipinski definition) is 2. The minimum Gasteiger partial charge on any atom is -0.398 e. The first-order valence-corrected chi connectivity index (χ1v) is 5.56. The SMILES string of the molecule is NC1=CC=CNC1OPP. The van der Waals surface area contributed by atoms with E-state index in [-0.39, 0.29) is 6.23 Å². The lowest BCUT2D eigenvalue weighted by Crippen LogP contribution is -2.32. The molecule has 3 atom stereocenters. The molecule has 3 unspecified atom stereocenters. The van der Waals surface area contributed by atoms with E-state index in [1.807, 2.05) is 18.4 Å². The van der Waals surface area contributed by atoms with Gasteiger partial charge < -0.3 is 15.6 Å². The van der Waals surface area contributed by atoms with Crippen LogP contribution in [0.1, 0.15) is 0 Å². The fourth-order valence-corrected chi connectivity index (χ4v) is 1.40. The summed E-state index contributed by atoms with van der Waals surface area (Å²) in [6.07, 6.45) is 5.35. The van der Waals surface area contributed by atoms with Crippen LogP contribution in [-0.2, 0) is 4.52 Å². The molecule has 1 aliphatic heterocycles. The zero-order valence-corrected chi connectivity index (χ0v) is 7.53. The van der Waals surface area contributed by atoms with E-state index in [4.69, 9.17) is 10.3 Å². The Morgan fingerprint density at radius 1 is 1.80 bits per heavy atom. The standard InChI is InChI=1S/C5H10N2OP2/c6-4-2-1-3-7-5(4)8-10-9/h1-3,5,7,10H,6,9H2. The van der Waals surface area contributed by atoms with Crippen LogP contribution in [0.25, 0.3) is 0 Å². The predicted molar refractivity (Wildman–Crippen MR) is 47.4 cm³/mol. The molecule has 0 amide bonds. The number of allylic oxidation sites excluding steroid dienone is 2. The quantitative estimate of drug-likeness (QED) is 0.608. The molecule has 0 aromatic carbocycles. The van der Waals surface area contributed by atoms with Gasteiger partial charge in [-0.15, -0.1) is 0 Å². The third-order valence-electron chi connectivity index (χ3n) is 1.12. The fourth-order valence-electron chi connectivity index (χ4n) is 0.656. The van der Waals surface area contributed by atoms with E-state index >= 15 is 0 Å². The number of dihydropyridines is 1. The van der Waals surface area contributed by atoms with Crippen LogP contribution in [0.15, 0.2) is 24.0 Å². The number of hydrogen-bond acceptors (Lipinski definition) is 3. The molecule has 0 fully saturated rings. The first-order chi connectivity index (χ1) is 4.84. The minimum absolute atomic E-state index is 0.138. The van der Waals surface area contributed by atoms with E-state index in [1.165, 1.54) is 0 Å². The molecule has 0 aromatic rings. The van der Waals surface area contributed by atoms with Gasteiger partial charge in [0.15, 0.2) is 6.23 Å². The maximum absolute atomic E-state index is 5.58. The smallest absolute Gasteiger partial charge is 0.171 e. The van der Waals surface area contributed by atoms with Crippen LogP contribution in [0.2, 0.25) is 0 Å². The van der Waals surface area contributed by atoms with Crippen LogP contribution < -0.4 is 11.1 Å². The largest absolute Gasteiger partial charge is 0.398 e. The summed E-state index contributed by atoms with van der Waals surface area (Å²) in [6, 6.07) is 0. The second kappa shape index (κ2) is 3.92. The van der Waals surface area contributed by atoms with Crippen molar-refractivity contribution in [1.82, 2.24) is 5.32 Å². The Balaban J connectivity index is 2.47. The van der Waals surface area contributed by atoms with Gasteiger partial charge in [0.05, 0.1) is 5.70 Å².